The number of primary sulfonamides is 1. The molecule has 2 aromatic rings. The molecule has 0 unspecified atom stereocenters. The molecule has 1 saturated heterocycles. The average Bonchev–Trinajstić information content (AvgIpc) is 2.62. The molecular weight excluding hydrogens is 418 g/mol. The van der Waals surface area contributed by atoms with Gasteiger partial charge in [-0.25, -0.2) is 13.6 Å². The van der Waals surface area contributed by atoms with Gasteiger partial charge in [-0.1, -0.05) is 22.0 Å². The van der Waals surface area contributed by atoms with E-state index in [9.17, 15) is 8.42 Å². The number of sulfonamides is 1. The minimum Gasteiger partial charge on any atom is -0.492 e. The van der Waals surface area contributed by atoms with Crippen molar-refractivity contribution in [1.82, 2.24) is 4.90 Å². The van der Waals surface area contributed by atoms with Crippen LogP contribution >= 0.6 is 15.9 Å². The molecule has 2 N–H and O–H groups in total. The van der Waals surface area contributed by atoms with Crippen LogP contribution in [-0.2, 0) is 10.0 Å². The smallest absolute Gasteiger partial charge is 0.238 e. The van der Waals surface area contributed by atoms with E-state index in [0.29, 0.717) is 6.61 Å². The van der Waals surface area contributed by atoms with Gasteiger partial charge in [-0.15, -0.1) is 0 Å². The summed E-state index contributed by atoms with van der Waals surface area (Å²) < 4.78 is 29.5. The third-order valence-electron chi connectivity index (χ3n) is 4.38. The van der Waals surface area contributed by atoms with Crippen LogP contribution in [0.2, 0.25) is 0 Å². The number of hydrogen-bond acceptors (Lipinski definition) is 5. The first-order chi connectivity index (χ1) is 12.4. The molecule has 140 valence electrons. The first-order valence-corrected chi connectivity index (χ1v) is 10.7. The molecule has 3 rings (SSSR count). The molecule has 0 amide bonds. The normalized spacial score (nSPS) is 15.8. The van der Waals surface area contributed by atoms with Gasteiger partial charge < -0.3 is 9.64 Å². The molecule has 0 saturated carbocycles. The third-order valence-corrected chi connectivity index (χ3v) is 5.80. The van der Waals surface area contributed by atoms with E-state index in [4.69, 9.17) is 9.88 Å². The Hall–Kier alpha value is -1.61. The van der Waals surface area contributed by atoms with E-state index in [2.05, 4.69) is 25.7 Å². The quantitative estimate of drug-likeness (QED) is 0.746. The predicted octanol–water partition coefficient (Wildman–Crippen LogP) is 2.30. The fraction of sp³-hybridized carbons (Fsp3) is 0.333. The molecule has 0 atom stereocenters. The summed E-state index contributed by atoms with van der Waals surface area (Å²) in [6, 6.07) is 14.6. The standard InChI is InChI=1S/C18H22BrN3O3S/c19-15-2-1-3-17(14-15)25-13-12-21-8-10-22(11-9-21)16-4-6-18(7-5-16)26(20,23)24/h1-7,14H,8-13H2,(H2,20,23,24). The Morgan fingerprint density at radius 3 is 2.35 bits per heavy atom. The maximum atomic E-state index is 11.3. The lowest BCUT2D eigenvalue weighted by Gasteiger charge is -2.36. The van der Waals surface area contributed by atoms with Crippen molar-refractivity contribution in [3.8, 4) is 5.75 Å². The lowest BCUT2D eigenvalue weighted by Crippen LogP contribution is -2.47. The summed E-state index contributed by atoms with van der Waals surface area (Å²) in [4.78, 5) is 4.76. The fourth-order valence-electron chi connectivity index (χ4n) is 2.93. The van der Waals surface area contributed by atoms with Gasteiger partial charge in [-0.05, 0) is 42.5 Å². The lowest BCUT2D eigenvalue weighted by molar-refractivity contribution is 0.200. The Labute approximate surface area is 162 Å². The van der Waals surface area contributed by atoms with Gasteiger partial charge in [0.1, 0.15) is 12.4 Å². The monoisotopic (exact) mass is 439 g/mol. The van der Waals surface area contributed by atoms with Crippen molar-refractivity contribution in [3.05, 3.63) is 53.0 Å². The second-order valence-corrected chi connectivity index (χ2v) is 8.65. The highest BCUT2D eigenvalue weighted by Gasteiger charge is 2.17. The highest BCUT2D eigenvalue weighted by molar-refractivity contribution is 9.10. The van der Waals surface area contributed by atoms with E-state index in [1.54, 1.807) is 12.1 Å². The zero-order valence-electron chi connectivity index (χ0n) is 14.3. The van der Waals surface area contributed by atoms with E-state index in [1.807, 2.05) is 36.4 Å². The number of rotatable bonds is 6. The van der Waals surface area contributed by atoms with E-state index in [1.165, 1.54) is 0 Å². The van der Waals surface area contributed by atoms with Crippen LogP contribution in [0.5, 0.6) is 5.75 Å². The van der Waals surface area contributed by atoms with Crippen molar-refractivity contribution < 1.29 is 13.2 Å². The first-order valence-electron chi connectivity index (χ1n) is 8.40. The zero-order chi connectivity index (χ0) is 18.6. The second kappa shape index (κ2) is 8.39. The molecule has 0 radical (unpaired) electrons. The highest BCUT2D eigenvalue weighted by atomic mass is 79.9. The minimum absolute atomic E-state index is 0.143. The molecule has 0 aliphatic carbocycles. The van der Waals surface area contributed by atoms with Gasteiger partial charge >= 0.3 is 0 Å². The number of halogens is 1. The van der Waals surface area contributed by atoms with E-state index in [-0.39, 0.29) is 4.90 Å². The van der Waals surface area contributed by atoms with Gasteiger partial charge in [0.2, 0.25) is 10.0 Å². The third kappa shape index (κ3) is 5.20. The van der Waals surface area contributed by atoms with Crippen LogP contribution in [0.15, 0.2) is 57.9 Å². The SMILES string of the molecule is NS(=O)(=O)c1ccc(N2CCN(CCOc3cccc(Br)c3)CC2)cc1. The summed E-state index contributed by atoms with van der Waals surface area (Å²) in [5.41, 5.74) is 1.02. The van der Waals surface area contributed by atoms with Crippen LogP contribution in [0.3, 0.4) is 0 Å². The number of anilines is 1. The number of nitrogens with zero attached hydrogens (tertiary/aromatic N) is 2. The van der Waals surface area contributed by atoms with E-state index < -0.39 is 10.0 Å². The first kappa shape index (κ1) is 19.2. The molecule has 1 fully saturated rings. The molecule has 0 bridgehead atoms. The number of benzene rings is 2. The lowest BCUT2D eigenvalue weighted by atomic mass is 10.2. The summed E-state index contributed by atoms with van der Waals surface area (Å²) in [5, 5.41) is 5.14. The van der Waals surface area contributed by atoms with Crippen LogP contribution in [0.1, 0.15) is 0 Å². The molecule has 8 heteroatoms. The summed E-state index contributed by atoms with van der Waals surface area (Å²) >= 11 is 3.44. The molecule has 6 nitrogen and oxygen atoms in total. The number of piperazine rings is 1. The Balaban J connectivity index is 1.45. The Morgan fingerprint density at radius 2 is 1.73 bits per heavy atom. The molecule has 1 heterocycles. The Kier molecular flexibility index (Phi) is 6.18. The summed E-state index contributed by atoms with van der Waals surface area (Å²) in [6.45, 7) is 5.21. The van der Waals surface area contributed by atoms with Gasteiger partial charge in [0.05, 0.1) is 4.90 Å². The average molecular weight is 440 g/mol. The van der Waals surface area contributed by atoms with Gasteiger partial charge in [-0.2, -0.15) is 0 Å². The summed E-state index contributed by atoms with van der Waals surface area (Å²) in [5.74, 6) is 0.868. The fourth-order valence-corrected chi connectivity index (χ4v) is 3.82. The largest absolute Gasteiger partial charge is 0.492 e. The Morgan fingerprint density at radius 1 is 1.04 bits per heavy atom. The van der Waals surface area contributed by atoms with Crippen molar-refractivity contribution in [2.75, 3.05) is 44.2 Å². The van der Waals surface area contributed by atoms with Gasteiger partial charge in [0.25, 0.3) is 0 Å². The van der Waals surface area contributed by atoms with Crippen LogP contribution in [-0.4, -0.2) is 52.6 Å². The number of ether oxygens (including phenoxy) is 1. The molecular formula is C18H22BrN3O3S. The molecule has 0 spiro atoms. The van der Waals surface area contributed by atoms with E-state index in [0.717, 1.165) is 48.6 Å². The van der Waals surface area contributed by atoms with Crippen molar-refractivity contribution in [3.63, 3.8) is 0 Å². The highest BCUT2D eigenvalue weighted by Crippen LogP contribution is 2.20. The molecule has 1 aliphatic rings. The van der Waals surface area contributed by atoms with Crippen LogP contribution < -0.4 is 14.8 Å². The molecule has 2 aromatic carbocycles. The zero-order valence-corrected chi connectivity index (χ0v) is 16.7. The van der Waals surface area contributed by atoms with Crippen LogP contribution in [0.4, 0.5) is 5.69 Å². The predicted molar refractivity (Wildman–Crippen MR) is 106 cm³/mol. The van der Waals surface area contributed by atoms with Crippen molar-refractivity contribution in [2.45, 2.75) is 4.90 Å². The molecule has 0 aromatic heterocycles. The number of hydrogen-bond donors (Lipinski definition) is 1. The maximum absolute atomic E-state index is 11.3. The van der Waals surface area contributed by atoms with Gasteiger partial charge in [-0.3, -0.25) is 4.90 Å². The van der Waals surface area contributed by atoms with Crippen molar-refractivity contribution in [1.29, 1.82) is 0 Å². The number of nitrogens with two attached hydrogens (primary N) is 1. The molecule has 1 aliphatic heterocycles. The second-order valence-electron chi connectivity index (χ2n) is 6.17. The summed E-state index contributed by atoms with van der Waals surface area (Å²) in [7, 11) is -3.64. The van der Waals surface area contributed by atoms with Crippen LogP contribution in [0, 0.1) is 0 Å². The van der Waals surface area contributed by atoms with Crippen LogP contribution in [0.25, 0.3) is 0 Å². The van der Waals surface area contributed by atoms with Gasteiger partial charge in [0, 0.05) is 42.9 Å². The maximum Gasteiger partial charge on any atom is 0.238 e. The minimum atomic E-state index is -3.64. The van der Waals surface area contributed by atoms with E-state index >= 15 is 0 Å². The topological polar surface area (TPSA) is 75.9 Å². The van der Waals surface area contributed by atoms with Crippen molar-refractivity contribution in [2.24, 2.45) is 5.14 Å². The molecule has 26 heavy (non-hydrogen) atoms. The van der Waals surface area contributed by atoms with Crippen molar-refractivity contribution >= 4 is 31.6 Å². The summed E-state index contributed by atoms with van der Waals surface area (Å²) in [6.07, 6.45) is 0. The Bertz CT molecular complexity index is 835. The van der Waals surface area contributed by atoms with Gasteiger partial charge in [0.15, 0.2) is 0 Å².